The first-order valence-electron chi connectivity index (χ1n) is 9.52. The molecule has 1 amide bonds. The van der Waals surface area contributed by atoms with Crippen molar-refractivity contribution in [1.29, 1.82) is 0 Å². The van der Waals surface area contributed by atoms with Gasteiger partial charge in [0.2, 0.25) is 15.7 Å². The molecule has 0 unspecified atom stereocenters. The van der Waals surface area contributed by atoms with Gasteiger partial charge in [0.05, 0.1) is 22.2 Å². The highest BCUT2D eigenvalue weighted by Gasteiger charge is 2.24. The quantitative estimate of drug-likeness (QED) is 0.323. The van der Waals surface area contributed by atoms with Crippen LogP contribution in [0.15, 0.2) is 86.2 Å². The molecule has 0 atom stereocenters. The molecule has 0 saturated heterocycles. The smallest absolute Gasteiger partial charge is 0.239 e. The van der Waals surface area contributed by atoms with Crippen LogP contribution in [-0.4, -0.2) is 38.2 Å². The van der Waals surface area contributed by atoms with Crippen LogP contribution in [-0.2, 0) is 14.6 Å². The molecular formula is C22H22BrN3O3S2. The van der Waals surface area contributed by atoms with E-state index in [2.05, 4.69) is 31.5 Å². The summed E-state index contributed by atoms with van der Waals surface area (Å²) in [4.78, 5) is 16.7. The molecule has 2 aromatic carbocycles. The summed E-state index contributed by atoms with van der Waals surface area (Å²) in [5, 5.41) is 6.68. The molecule has 3 rings (SSSR count). The molecule has 1 aromatic heterocycles. The van der Waals surface area contributed by atoms with Crippen LogP contribution in [0.5, 0.6) is 0 Å². The lowest BCUT2D eigenvalue weighted by Crippen LogP contribution is -2.31. The Kier molecular flexibility index (Phi) is 8.11. The minimum Gasteiger partial charge on any atom is -0.375 e. The Labute approximate surface area is 194 Å². The van der Waals surface area contributed by atoms with Crippen molar-refractivity contribution in [2.24, 2.45) is 0 Å². The van der Waals surface area contributed by atoms with E-state index in [0.29, 0.717) is 22.5 Å². The molecule has 0 fully saturated rings. The van der Waals surface area contributed by atoms with Crippen molar-refractivity contribution in [3.8, 4) is 0 Å². The Balaban J connectivity index is 1.62. The first-order chi connectivity index (χ1) is 14.9. The third kappa shape index (κ3) is 6.32. The van der Waals surface area contributed by atoms with E-state index in [1.807, 2.05) is 25.1 Å². The number of rotatable bonds is 9. The number of benzene rings is 2. The largest absolute Gasteiger partial charge is 0.375 e. The lowest BCUT2D eigenvalue weighted by atomic mass is 10.2. The number of carbonyl (C=O) groups is 1. The average Bonchev–Trinajstić information content (AvgIpc) is 2.76. The van der Waals surface area contributed by atoms with E-state index in [0.717, 1.165) is 10.6 Å². The summed E-state index contributed by atoms with van der Waals surface area (Å²) in [5.41, 5.74) is 1.34. The number of nitrogens with zero attached hydrogens (tertiary/aromatic N) is 1. The van der Waals surface area contributed by atoms with Crippen LogP contribution in [0.3, 0.4) is 0 Å². The van der Waals surface area contributed by atoms with E-state index >= 15 is 0 Å². The monoisotopic (exact) mass is 519 g/mol. The number of sulfone groups is 1. The maximum absolute atomic E-state index is 13.2. The summed E-state index contributed by atoms with van der Waals surface area (Å²) in [6.45, 7) is 2.34. The lowest BCUT2D eigenvalue weighted by Gasteiger charge is -2.14. The first kappa shape index (κ1) is 23.3. The van der Waals surface area contributed by atoms with Gasteiger partial charge in [-0.3, -0.25) is 4.79 Å². The standard InChI is InChI=1S/C22H22BrN3O3S2/c1-16-8-10-17(11-9-16)31(28,29)22-18(23)5-4-6-19(22)26-15-20(27)24-13-14-30-21-7-2-3-12-25-21/h2-12,26H,13-15H2,1H3,(H,24,27). The minimum atomic E-state index is -3.77. The molecular weight excluding hydrogens is 498 g/mol. The molecule has 2 N–H and O–H groups in total. The van der Waals surface area contributed by atoms with Crippen LogP contribution in [0.1, 0.15) is 5.56 Å². The molecule has 0 saturated carbocycles. The summed E-state index contributed by atoms with van der Waals surface area (Å²) < 4.78 is 26.8. The van der Waals surface area contributed by atoms with Crippen molar-refractivity contribution in [2.75, 3.05) is 24.2 Å². The van der Waals surface area contributed by atoms with Gasteiger partial charge in [0, 0.05) is 23.0 Å². The molecule has 0 bridgehead atoms. The molecule has 162 valence electrons. The van der Waals surface area contributed by atoms with E-state index in [4.69, 9.17) is 0 Å². The highest BCUT2D eigenvalue weighted by atomic mass is 79.9. The molecule has 0 aliphatic carbocycles. The number of anilines is 1. The van der Waals surface area contributed by atoms with Crippen molar-refractivity contribution >= 4 is 49.1 Å². The minimum absolute atomic E-state index is 0.0406. The topological polar surface area (TPSA) is 88.2 Å². The normalized spacial score (nSPS) is 11.2. The fraction of sp³-hybridized carbons (Fsp3) is 0.182. The van der Waals surface area contributed by atoms with Crippen molar-refractivity contribution < 1.29 is 13.2 Å². The van der Waals surface area contributed by atoms with Gasteiger partial charge in [-0.2, -0.15) is 0 Å². The van der Waals surface area contributed by atoms with Gasteiger partial charge in [-0.15, -0.1) is 11.8 Å². The Morgan fingerprint density at radius 1 is 1.06 bits per heavy atom. The summed E-state index contributed by atoms with van der Waals surface area (Å²) in [6.07, 6.45) is 1.73. The average molecular weight is 520 g/mol. The van der Waals surface area contributed by atoms with Gasteiger partial charge < -0.3 is 10.6 Å². The predicted octanol–water partition coefficient (Wildman–Crippen LogP) is 4.31. The van der Waals surface area contributed by atoms with E-state index in [1.54, 1.807) is 60.4 Å². The van der Waals surface area contributed by atoms with Crippen molar-refractivity contribution in [1.82, 2.24) is 10.3 Å². The second-order valence-electron chi connectivity index (χ2n) is 6.65. The van der Waals surface area contributed by atoms with Gasteiger partial charge in [0.25, 0.3) is 0 Å². The fourth-order valence-electron chi connectivity index (χ4n) is 2.77. The maximum atomic E-state index is 13.2. The van der Waals surface area contributed by atoms with E-state index in [9.17, 15) is 13.2 Å². The molecule has 31 heavy (non-hydrogen) atoms. The molecule has 0 aliphatic heterocycles. The number of halogens is 1. The number of nitrogens with one attached hydrogen (secondary N) is 2. The highest BCUT2D eigenvalue weighted by molar-refractivity contribution is 9.10. The van der Waals surface area contributed by atoms with Crippen LogP contribution in [0, 0.1) is 6.92 Å². The van der Waals surface area contributed by atoms with Crippen LogP contribution in [0.4, 0.5) is 5.69 Å². The Morgan fingerprint density at radius 2 is 1.84 bits per heavy atom. The van der Waals surface area contributed by atoms with Gasteiger partial charge in [-0.1, -0.05) is 29.8 Å². The zero-order valence-electron chi connectivity index (χ0n) is 16.8. The van der Waals surface area contributed by atoms with Gasteiger partial charge in [0.15, 0.2) is 0 Å². The molecule has 9 heteroatoms. The third-order valence-electron chi connectivity index (χ3n) is 4.32. The molecule has 6 nitrogen and oxygen atoms in total. The maximum Gasteiger partial charge on any atom is 0.239 e. The first-order valence-corrected chi connectivity index (χ1v) is 12.8. The van der Waals surface area contributed by atoms with Gasteiger partial charge in [-0.05, 0) is 59.3 Å². The second-order valence-corrected chi connectivity index (χ2v) is 10.5. The van der Waals surface area contributed by atoms with Gasteiger partial charge >= 0.3 is 0 Å². The fourth-order valence-corrected chi connectivity index (χ4v) is 5.99. The summed E-state index contributed by atoms with van der Waals surface area (Å²) in [6, 6.07) is 17.4. The number of carbonyl (C=O) groups excluding carboxylic acids is 1. The third-order valence-corrected chi connectivity index (χ3v) is 8.06. The van der Waals surface area contributed by atoms with E-state index in [1.165, 1.54) is 0 Å². The summed E-state index contributed by atoms with van der Waals surface area (Å²) >= 11 is 4.90. The number of aryl methyl sites for hydroxylation is 1. The number of hydrogen-bond acceptors (Lipinski definition) is 6. The van der Waals surface area contributed by atoms with Crippen molar-refractivity contribution in [2.45, 2.75) is 21.7 Å². The Hall–Kier alpha value is -2.36. The van der Waals surface area contributed by atoms with Crippen LogP contribution >= 0.6 is 27.7 Å². The highest BCUT2D eigenvalue weighted by Crippen LogP contribution is 2.34. The van der Waals surface area contributed by atoms with Crippen molar-refractivity contribution in [3.05, 3.63) is 76.9 Å². The predicted molar refractivity (Wildman–Crippen MR) is 127 cm³/mol. The molecule has 3 aromatic rings. The molecule has 0 aliphatic rings. The van der Waals surface area contributed by atoms with Gasteiger partial charge in [0.1, 0.15) is 4.90 Å². The molecule has 1 heterocycles. The summed E-state index contributed by atoms with van der Waals surface area (Å²) in [5.74, 6) is 0.465. The number of hydrogen-bond donors (Lipinski definition) is 2. The van der Waals surface area contributed by atoms with E-state index in [-0.39, 0.29) is 22.2 Å². The van der Waals surface area contributed by atoms with Crippen molar-refractivity contribution in [3.63, 3.8) is 0 Å². The van der Waals surface area contributed by atoms with E-state index < -0.39 is 9.84 Å². The summed E-state index contributed by atoms with van der Waals surface area (Å²) in [7, 11) is -3.77. The van der Waals surface area contributed by atoms with Crippen LogP contribution < -0.4 is 10.6 Å². The van der Waals surface area contributed by atoms with Gasteiger partial charge in [-0.25, -0.2) is 13.4 Å². The molecule has 0 radical (unpaired) electrons. The number of aromatic nitrogens is 1. The van der Waals surface area contributed by atoms with Crippen LogP contribution in [0.2, 0.25) is 0 Å². The SMILES string of the molecule is Cc1ccc(S(=O)(=O)c2c(Br)cccc2NCC(=O)NCCSc2ccccn2)cc1. The molecule has 0 spiro atoms. The lowest BCUT2D eigenvalue weighted by molar-refractivity contribution is -0.119. The second kappa shape index (κ2) is 10.8. The zero-order valence-corrected chi connectivity index (χ0v) is 20.1. The Bertz CT molecular complexity index is 1140. The number of amides is 1. The Morgan fingerprint density at radius 3 is 2.55 bits per heavy atom. The van der Waals surface area contributed by atoms with Crippen LogP contribution in [0.25, 0.3) is 0 Å². The zero-order chi connectivity index (χ0) is 22.3. The number of pyridine rings is 1. The number of thioether (sulfide) groups is 1.